The first-order valence-corrected chi connectivity index (χ1v) is 7.70. The number of rotatable bonds is 5. The first-order valence-electron chi connectivity index (χ1n) is 6.22. The molecular formula is C13H17N3O3S. The number of benzene rings is 1. The van der Waals surface area contributed by atoms with E-state index in [2.05, 4.69) is 9.82 Å². The van der Waals surface area contributed by atoms with Crippen molar-refractivity contribution in [2.45, 2.75) is 24.3 Å². The fourth-order valence-electron chi connectivity index (χ4n) is 1.81. The van der Waals surface area contributed by atoms with E-state index in [1.807, 2.05) is 6.92 Å². The number of aliphatic hydroxyl groups excluding tert-OH is 1. The Morgan fingerprint density at radius 2 is 2.20 bits per heavy atom. The van der Waals surface area contributed by atoms with Crippen molar-refractivity contribution in [3.63, 3.8) is 0 Å². The quantitative estimate of drug-likeness (QED) is 0.878. The van der Waals surface area contributed by atoms with Crippen LogP contribution < -0.4 is 4.72 Å². The van der Waals surface area contributed by atoms with E-state index in [0.717, 1.165) is 0 Å². The van der Waals surface area contributed by atoms with E-state index < -0.39 is 16.1 Å². The van der Waals surface area contributed by atoms with E-state index in [-0.39, 0.29) is 4.90 Å². The third-order valence-electron chi connectivity index (χ3n) is 2.90. The SMILES string of the molecule is CCC(O)c1cccc(S(=O)(=O)Nc2cnn(C)c2)c1. The Hall–Kier alpha value is -1.86. The highest BCUT2D eigenvalue weighted by Gasteiger charge is 2.16. The lowest BCUT2D eigenvalue weighted by Crippen LogP contribution is -2.13. The zero-order chi connectivity index (χ0) is 14.8. The van der Waals surface area contributed by atoms with Crippen molar-refractivity contribution < 1.29 is 13.5 Å². The Labute approximate surface area is 118 Å². The minimum absolute atomic E-state index is 0.117. The maximum Gasteiger partial charge on any atom is 0.262 e. The van der Waals surface area contributed by atoms with E-state index in [0.29, 0.717) is 17.7 Å². The molecule has 0 spiro atoms. The number of nitrogens with one attached hydrogen (secondary N) is 1. The van der Waals surface area contributed by atoms with Gasteiger partial charge in [-0.05, 0) is 24.1 Å². The van der Waals surface area contributed by atoms with E-state index in [1.54, 1.807) is 25.4 Å². The molecule has 1 aromatic carbocycles. The summed E-state index contributed by atoms with van der Waals surface area (Å²) in [6, 6.07) is 6.29. The molecule has 0 aliphatic heterocycles. The molecule has 0 radical (unpaired) electrons. The van der Waals surface area contributed by atoms with Crippen molar-refractivity contribution in [2.24, 2.45) is 7.05 Å². The van der Waals surface area contributed by atoms with Crippen molar-refractivity contribution in [1.29, 1.82) is 0 Å². The Bertz CT molecular complexity index is 694. The van der Waals surface area contributed by atoms with Gasteiger partial charge in [0.25, 0.3) is 10.0 Å². The van der Waals surface area contributed by atoms with Crippen LogP contribution in [-0.2, 0) is 17.1 Å². The molecule has 0 aliphatic carbocycles. The van der Waals surface area contributed by atoms with Crippen LogP contribution in [0.1, 0.15) is 25.0 Å². The number of anilines is 1. The second-order valence-electron chi connectivity index (χ2n) is 4.50. The first-order chi connectivity index (χ1) is 9.42. The molecule has 0 saturated heterocycles. The highest BCUT2D eigenvalue weighted by atomic mass is 32.2. The highest BCUT2D eigenvalue weighted by Crippen LogP contribution is 2.21. The summed E-state index contributed by atoms with van der Waals surface area (Å²) >= 11 is 0. The Morgan fingerprint density at radius 3 is 2.80 bits per heavy atom. The maximum absolute atomic E-state index is 12.2. The number of aromatic nitrogens is 2. The summed E-state index contributed by atoms with van der Waals surface area (Å²) < 4.78 is 28.4. The molecule has 7 heteroatoms. The molecule has 2 N–H and O–H groups in total. The third kappa shape index (κ3) is 3.17. The molecule has 0 amide bonds. The third-order valence-corrected chi connectivity index (χ3v) is 4.28. The smallest absolute Gasteiger partial charge is 0.262 e. The molecule has 2 aromatic rings. The van der Waals surface area contributed by atoms with Crippen molar-refractivity contribution in [2.75, 3.05) is 4.72 Å². The largest absolute Gasteiger partial charge is 0.388 e. The number of nitrogens with zero attached hydrogens (tertiary/aromatic N) is 2. The summed E-state index contributed by atoms with van der Waals surface area (Å²) in [6.07, 6.45) is 2.87. The van der Waals surface area contributed by atoms with Crippen molar-refractivity contribution in [3.8, 4) is 0 Å². The van der Waals surface area contributed by atoms with Gasteiger partial charge in [-0.3, -0.25) is 9.40 Å². The van der Waals surface area contributed by atoms with Gasteiger partial charge in [0, 0.05) is 13.2 Å². The van der Waals surface area contributed by atoms with Gasteiger partial charge in [-0.2, -0.15) is 5.10 Å². The zero-order valence-electron chi connectivity index (χ0n) is 11.3. The summed E-state index contributed by atoms with van der Waals surface area (Å²) in [5.41, 5.74) is 0.982. The molecule has 0 bridgehead atoms. The number of aryl methyl sites for hydroxylation is 1. The number of aliphatic hydroxyl groups is 1. The molecule has 108 valence electrons. The molecule has 2 rings (SSSR count). The minimum Gasteiger partial charge on any atom is -0.388 e. The molecule has 20 heavy (non-hydrogen) atoms. The fourth-order valence-corrected chi connectivity index (χ4v) is 2.90. The zero-order valence-corrected chi connectivity index (χ0v) is 12.1. The van der Waals surface area contributed by atoms with Gasteiger partial charge in [0.2, 0.25) is 0 Å². The summed E-state index contributed by atoms with van der Waals surface area (Å²) in [7, 11) is -1.97. The Morgan fingerprint density at radius 1 is 1.45 bits per heavy atom. The molecule has 0 fully saturated rings. The topological polar surface area (TPSA) is 84.2 Å². The monoisotopic (exact) mass is 295 g/mol. The molecular weight excluding hydrogens is 278 g/mol. The molecule has 0 aliphatic rings. The van der Waals surface area contributed by atoms with Gasteiger partial charge in [-0.25, -0.2) is 8.42 Å². The normalized spacial score (nSPS) is 13.2. The second kappa shape index (κ2) is 5.64. The average Bonchev–Trinajstić information content (AvgIpc) is 2.82. The fraction of sp³-hybridized carbons (Fsp3) is 0.308. The van der Waals surface area contributed by atoms with Gasteiger partial charge in [0.1, 0.15) is 0 Å². The molecule has 1 unspecified atom stereocenters. The molecule has 1 atom stereocenters. The lowest BCUT2D eigenvalue weighted by molar-refractivity contribution is 0.173. The Balaban J connectivity index is 2.29. The lowest BCUT2D eigenvalue weighted by Gasteiger charge is -2.11. The van der Waals surface area contributed by atoms with Gasteiger partial charge in [-0.1, -0.05) is 19.1 Å². The first kappa shape index (κ1) is 14.5. The molecule has 6 nitrogen and oxygen atoms in total. The minimum atomic E-state index is -3.68. The van der Waals surface area contributed by atoms with Crippen LogP contribution in [0, 0.1) is 0 Å². The van der Waals surface area contributed by atoms with Crippen LogP contribution in [0.3, 0.4) is 0 Å². The van der Waals surface area contributed by atoms with E-state index >= 15 is 0 Å². The maximum atomic E-state index is 12.2. The summed E-state index contributed by atoms with van der Waals surface area (Å²) in [5.74, 6) is 0. The van der Waals surface area contributed by atoms with Gasteiger partial charge in [-0.15, -0.1) is 0 Å². The van der Waals surface area contributed by atoms with Gasteiger partial charge >= 0.3 is 0 Å². The summed E-state index contributed by atoms with van der Waals surface area (Å²) in [6.45, 7) is 1.83. The van der Waals surface area contributed by atoms with Crippen molar-refractivity contribution >= 4 is 15.7 Å². The van der Waals surface area contributed by atoms with Crippen molar-refractivity contribution in [3.05, 3.63) is 42.2 Å². The summed E-state index contributed by atoms with van der Waals surface area (Å²) in [4.78, 5) is 0.117. The number of sulfonamides is 1. The van der Waals surface area contributed by atoms with Crippen LogP contribution in [-0.4, -0.2) is 23.3 Å². The average molecular weight is 295 g/mol. The lowest BCUT2D eigenvalue weighted by atomic mass is 10.1. The van der Waals surface area contributed by atoms with Gasteiger partial charge in [0.15, 0.2) is 0 Å². The second-order valence-corrected chi connectivity index (χ2v) is 6.19. The number of hydrogen-bond donors (Lipinski definition) is 2. The highest BCUT2D eigenvalue weighted by molar-refractivity contribution is 7.92. The van der Waals surface area contributed by atoms with E-state index in [4.69, 9.17) is 0 Å². The van der Waals surface area contributed by atoms with Crippen LogP contribution in [0.2, 0.25) is 0 Å². The van der Waals surface area contributed by atoms with Crippen LogP contribution in [0.4, 0.5) is 5.69 Å². The van der Waals surface area contributed by atoms with Crippen LogP contribution in [0.5, 0.6) is 0 Å². The number of hydrogen-bond acceptors (Lipinski definition) is 4. The molecule has 1 aromatic heterocycles. The van der Waals surface area contributed by atoms with E-state index in [9.17, 15) is 13.5 Å². The van der Waals surface area contributed by atoms with Gasteiger partial charge < -0.3 is 5.11 Å². The van der Waals surface area contributed by atoms with Crippen LogP contribution >= 0.6 is 0 Å². The van der Waals surface area contributed by atoms with Gasteiger partial charge in [0.05, 0.1) is 22.9 Å². The predicted molar refractivity (Wildman–Crippen MR) is 75.7 cm³/mol. The summed E-state index contributed by atoms with van der Waals surface area (Å²) in [5, 5.41) is 13.7. The molecule has 1 heterocycles. The van der Waals surface area contributed by atoms with Crippen LogP contribution in [0.15, 0.2) is 41.6 Å². The Kier molecular flexibility index (Phi) is 4.10. The standard InChI is InChI=1S/C13H17N3O3S/c1-3-13(17)10-5-4-6-12(7-10)20(18,19)15-11-8-14-16(2)9-11/h4-9,13,15,17H,3H2,1-2H3. The van der Waals surface area contributed by atoms with Crippen LogP contribution in [0.25, 0.3) is 0 Å². The van der Waals surface area contributed by atoms with E-state index in [1.165, 1.54) is 23.0 Å². The van der Waals surface area contributed by atoms with Crippen molar-refractivity contribution in [1.82, 2.24) is 9.78 Å². The predicted octanol–water partition coefficient (Wildman–Crippen LogP) is 1.66. The molecule has 0 saturated carbocycles.